The first-order chi connectivity index (χ1) is 13.2. The van der Waals surface area contributed by atoms with E-state index in [0.717, 1.165) is 10.7 Å². The lowest BCUT2D eigenvalue weighted by Crippen LogP contribution is -2.44. The smallest absolute Gasteiger partial charge is 0.406 e. The molecule has 28 heavy (non-hydrogen) atoms. The molecule has 2 amide bonds. The van der Waals surface area contributed by atoms with Gasteiger partial charge in [-0.15, -0.1) is 0 Å². The second-order valence-corrected chi connectivity index (χ2v) is 6.16. The molecule has 2 aromatic rings. The normalized spacial score (nSPS) is 17.0. The Balaban J connectivity index is 1.81. The summed E-state index contributed by atoms with van der Waals surface area (Å²) >= 11 is 0. The molecule has 0 spiro atoms. The molecule has 1 aliphatic heterocycles. The molecular formula is C17H15F3N4O4. The van der Waals surface area contributed by atoms with Crippen LogP contribution in [0.15, 0.2) is 36.4 Å². The lowest BCUT2D eigenvalue weighted by atomic mass is 10.2. The molecule has 8 nitrogen and oxygen atoms in total. The highest BCUT2D eigenvalue weighted by atomic mass is 19.4. The zero-order valence-corrected chi connectivity index (χ0v) is 14.3. The Morgan fingerprint density at radius 2 is 1.93 bits per heavy atom. The molecule has 0 radical (unpaired) electrons. The van der Waals surface area contributed by atoms with E-state index in [4.69, 9.17) is 5.11 Å². The molecule has 1 fully saturated rings. The van der Waals surface area contributed by atoms with Gasteiger partial charge in [-0.25, -0.2) is 9.48 Å². The Hall–Kier alpha value is -3.37. The predicted molar refractivity (Wildman–Crippen MR) is 89.0 cm³/mol. The molecule has 0 unspecified atom stereocenters. The van der Waals surface area contributed by atoms with Gasteiger partial charge in [0.1, 0.15) is 18.3 Å². The monoisotopic (exact) mass is 396 g/mol. The topological polar surface area (TPSA) is 105 Å². The van der Waals surface area contributed by atoms with E-state index in [1.165, 1.54) is 0 Å². The van der Waals surface area contributed by atoms with Gasteiger partial charge in [0.05, 0.1) is 5.69 Å². The first kappa shape index (κ1) is 19.4. The molecule has 1 saturated heterocycles. The number of hydrogen-bond donors (Lipinski definition) is 2. The van der Waals surface area contributed by atoms with E-state index in [9.17, 15) is 27.6 Å². The van der Waals surface area contributed by atoms with Gasteiger partial charge in [-0.05, 0) is 18.6 Å². The lowest BCUT2D eigenvalue weighted by Gasteiger charge is -2.18. The average Bonchev–Trinajstić information content (AvgIpc) is 3.21. The van der Waals surface area contributed by atoms with E-state index in [-0.39, 0.29) is 24.4 Å². The van der Waals surface area contributed by atoms with Crippen molar-refractivity contribution in [3.05, 3.63) is 47.8 Å². The van der Waals surface area contributed by atoms with Gasteiger partial charge in [-0.3, -0.25) is 9.59 Å². The molecule has 11 heteroatoms. The number of amides is 2. The van der Waals surface area contributed by atoms with Crippen molar-refractivity contribution in [1.29, 1.82) is 0 Å². The van der Waals surface area contributed by atoms with Crippen LogP contribution in [0.4, 0.5) is 13.2 Å². The number of likely N-dealkylation sites (tertiary alicyclic amines) is 1. The number of para-hydroxylation sites is 1. The third-order valence-electron chi connectivity index (χ3n) is 4.13. The van der Waals surface area contributed by atoms with Crippen molar-refractivity contribution in [2.45, 2.75) is 18.6 Å². The van der Waals surface area contributed by atoms with E-state index in [1.807, 2.05) is 0 Å². The standard InChI is InChI=1S/C17H15F3N4O4/c18-17(19,20)9-23-7-6-11(15(23)26)21-14(25)13-8-12(16(27)28)22-24(13)10-4-2-1-3-5-10/h1-5,8,11H,6-7,9H2,(H,21,25)(H,27,28)/t11-/m1/s1. The summed E-state index contributed by atoms with van der Waals surface area (Å²) < 4.78 is 38.6. The number of carbonyl (C=O) groups excluding carboxylic acids is 2. The fourth-order valence-corrected chi connectivity index (χ4v) is 2.89. The first-order valence-corrected chi connectivity index (χ1v) is 8.21. The Kier molecular flexibility index (Phi) is 5.08. The number of rotatable bonds is 5. The maximum Gasteiger partial charge on any atom is 0.406 e. The summed E-state index contributed by atoms with van der Waals surface area (Å²) in [6.07, 6.45) is -4.51. The van der Waals surface area contributed by atoms with Crippen LogP contribution in [0.2, 0.25) is 0 Å². The van der Waals surface area contributed by atoms with Gasteiger partial charge in [-0.1, -0.05) is 18.2 Å². The molecule has 2 N–H and O–H groups in total. The van der Waals surface area contributed by atoms with Crippen LogP contribution in [0.3, 0.4) is 0 Å². The van der Waals surface area contributed by atoms with Crippen LogP contribution in [0.1, 0.15) is 27.4 Å². The van der Waals surface area contributed by atoms with E-state index >= 15 is 0 Å². The highest BCUT2D eigenvalue weighted by molar-refractivity contribution is 5.99. The molecule has 0 saturated carbocycles. The van der Waals surface area contributed by atoms with Crippen LogP contribution in [-0.4, -0.2) is 62.9 Å². The molecular weight excluding hydrogens is 381 g/mol. The maximum atomic E-state index is 12.6. The van der Waals surface area contributed by atoms with Gasteiger partial charge in [0, 0.05) is 12.6 Å². The number of carbonyl (C=O) groups is 3. The largest absolute Gasteiger partial charge is 0.476 e. The number of alkyl halides is 3. The van der Waals surface area contributed by atoms with Gasteiger partial charge in [0.2, 0.25) is 5.91 Å². The quantitative estimate of drug-likeness (QED) is 0.796. The molecule has 1 aromatic heterocycles. The van der Waals surface area contributed by atoms with E-state index in [1.54, 1.807) is 30.3 Å². The summed E-state index contributed by atoms with van der Waals surface area (Å²) in [6, 6.07) is 8.16. The number of carboxylic acid groups (broad SMARTS) is 1. The van der Waals surface area contributed by atoms with E-state index in [0.29, 0.717) is 10.6 Å². The minimum atomic E-state index is -4.53. The molecule has 148 valence electrons. The third kappa shape index (κ3) is 4.13. The van der Waals surface area contributed by atoms with E-state index < -0.39 is 36.5 Å². The maximum absolute atomic E-state index is 12.6. The number of hydrogen-bond acceptors (Lipinski definition) is 4. The van der Waals surface area contributed by atoms with Gasteiger partial charge in [0.15, 0.2) is 5.69 Å². The lowest BCUT2D eigenvalue weighted by molar-refractivity contribution is -0.157. The third-order valence-corrected chi connectivity index (χ3v) is 4.13. The number of halogens is 3. The summed E-state index contributed by atoms with van der Waals surface area (Å²) in [7, 11) is 0. The van der Waals surface area contributed by atoms with Gasteiger partial charge in [-0.2, -0.15) is 18.3 Å². The molecule has 3 rings (SSSR count). The minimum Gasteiger partial charge on any atom is -0.476 e. The summed E-state index contributed by atoms with van der Waals surface area (Å²) in [5.74, 6) is -3.00. The van der Waals surface area contributed by atoms with Crippen molar-refractivity contribution in [2.24, 2.45) is 0 Å². The number of aromatic nitrogens is 2. The molecule has 2 heterocycles. The molecule has 1 aromatic carbocycles. The Labute approximate surface area is 156 Å². The van der Waals surface area contributed by atoms with Crippen LogP contribution >= 0.6 is 0 Å². The molecule has 1 aliphatic rings. The van der Waals surface area contributed by atoms with Crippen molar-refractivity contribution < 1.29 is 32.7 Å². The average molecular weight is 396 g/mol. The van der Waals surface area contributed by atoms with Crippen molar-refractivity contribution in [3.63, 3.8) is 0 Å². The molecule has 1 atom stereocenters. The Bertz CT molecular complexity index is 911. The first-order valence-electron chi connectivity index (χ1n) is 8.21. The predicted octanol–water partition coefficient (Wildman–Crippen LogP) is 1.46. The van der Waals surface area contributed by atoms with Gasteiger partial charge < -0.3 is 15.3 Å². The number of benzene rings is 1. The highest BCUT2D eigenvalue weighted by Gasteiger charge is 2.40. The van der Waals surface area contributed by atoms with Gasteiger partial charge in [0.25, 0.3) is 5.91 Å². The van der Waals surface area contributed by atoms with Crippen LogP contribution in [0.5, 0.6) is 0 Å². The Morgan fingerprint density at radius 1 is 1.25 bits per heavy atom. The van der Waals surface area contributed by atoms with Crippen molar-refractivity contribution >= 4 is 17.8 Å². The molecule has 0 bridgehead atoms. The van der Waals surface area contributed by atoms with Crippen LogP contribution in [0.25, 0.3) is 5.69 Å². The second kappa shape index (κ2) is 7.33. The second-order valence-electron chi connectivity index (χ2n) is 6.16. The number of carboxylic acids is 1. The van der Waals surface area contributed by atoms with Crippen molar-refractivity contribution in [3.8, 4) is 5.69 Å². The van der Waals surface area contributed by atoms with Crippen molar-refractivity contribution in [2.75, 3.05) is 13.1 Å². The zero-order chi connectivity index (χ0) is 20.5. The van der Waals surface area contributed by atoms with Crippen molar-refractivity contribution in [1.82, 2.24) is 20.0 Å². The SMILES string of the molecule is O=C(O)c1cc(C(=O)N[C@@H]2CCN(CC(F)(F)F)C2=O)n(-c2ccccc2)n1. The van der Waals surface area contributed by atoms with Crippen LogP contribution < -0.4 is 5.32 Å². The molecule has 0 aliphatic carbocycles. The summed E-state index contributed by atoms with van der Waals surface area (Å²) in [5, 5.41) is 15.4. The number of aromatic carboxylic acids is 1. The van der Waals surface area contributed by atoms with Crippen LogP contribution in [0, 0.1) is 0 Å². The highest BCUT2D eigenvalue weighted by Crippen LogP contribution is 2.21. The zero-order valence-electron chi connectivity index (χ0n) is 14.3. The summed E-state index contributed by atoms with van der Waals surface area (Å²) in [5.41, 5.74) is -0.118. The summed E-state index contributed by atoms with van der Waals surface area (Å²) in [6.45, 7) is -1.52. The van der Waals surface area contributed by atoms with E-state index in [2.05, 4.69) is 10.4 Å². The fourth-order valence-electron chi connectivity index (χ4n) is 2.89. The number of nitrogens with zero attached hydrogens (tertiary/aromatic N) is 3. The van der Waals surface area contributed by atoms with Gasteiger partial charge >= 0.3 is 12.1 Å². The van der Waals surface area contributed by atoms with Crippen LogP contribution in [-0.2, 0) is 4.79 Å². The number of nitrogens with one attached hydrogen (secondary N) is 1. The minimum absolute atomic E-state index is 0.0198. The summed E-state index contributed by atoms with van der Waals surface area (Å²) in [4.78, 5) is 36.6. The fraction of sp³-hybridized carbons (Fsp3) is 0.294. The Morgan fingerprint density at radius 3 is 2.54 bits per heavy atom.